The van der Waals surface area contributed by atoms with Gasteiger partial charge in [0, 0.05) is 17.8 Å². The van der Waals surface area contributed by atoms with Crippen LogP contribution in [0.25, 0.3) is 0 Å². The van der Waals surface area contributed by atoms with Crippen LogP contribution in [0.2, 0.25) is 0 Å². The molecule has 0 heterocycles. The summed E-state index contributed by atoms with van der Waals surface area (Å²) in [6.45, 7) is 0.171. The molecule has 0 saturated carbocycles. The van der Waals surface area contributed by atoms with Gasteiger partial charge in [0.05, 0.1) is 22.7 Å². The number of nitrogens with one attached hydrogen (secondary N) is 2. The average Bonchev–Trinajstić information content (AvgIpc) is 2.82. The Balaban J connectivity index is 1.54. The van der Waals surface area contributed by atoms with Crippen LogP contribution in [0.3, 0.4) is 0 Å². The molecular formula is C23H24N2O6S2. The van der Waals surface area contributed by atoms with Gasteiger partial charge in [0.25, 0.3) is 15.9 Å². The third-order valence-electron chi connectivity index (χ3n) is 4.75. The van der Waals surface area contributed by atoms with Gasteiger partial charge in [-0.25, -0.2) is 16.8 Å². The lowest BCUT2D eigenvalue weighted by atomic mass is 10.2. The van der Waals surface area contributed by atoms with Crippen molar-refractivity contribution in [3.05, 3.63) is 84.4 Å². The molecule has 1 amide bonds. The Hall–Kier alpha value is -3.37. The zero-order valence-corrected chi connectivity index (χ0v) is 19.5. The van der Waals surface area contributed by atoms with Crippen LogP contribution in [0.4, 0.5) is 5.69 Å². The minimum Gasteiger partial charge on any atom is -0.497 e. The molecule has 174 valence electrons. The lowest BCUT2D eigenvalue weighted by Crippen LogP contribution is -2.26. The third-order valence-corrected chi connectivity index (χ3v) is 7.96. The van der Waals surface area contributed by atoms with E-state index in [9.17, 15) is 21.6 Å². The normalized spacial score (nSPS) is 11.5. The first kappa shape index (κ1) is 24.3. The van der Waals surface area contributed by atoms with Crippen LogP contribution in [0, 0.1) is 0 Å². The zero-order valence-electron chi connectivity index (χ0n) is 17.9. The van der Waals surface area contributed by atoms with E-state index < -0.39 is 25.8 Å². The molecule has 0 aromatic heterocycles. The quantitative estimate of drug-likeness (QED) is 0.424. The van der Waals surface area contributed by atoms with E-state index in [0.29, 0.717) is 11.4 Å². The summed E-state index contributed by atoms with van der Waals surface area (Å²) in [6.07, 6.45) is 0.251. The summed E-state index contributed by atoms with van der Waals surface area (Å²) in [7, 11) is -5.72. The number of carbonyl (C=O) groups is 1. The highest BCUT2D eigenvalue weighted by Gasteiger charge is 2.16. The summed E-state index contributed by atoms with van der Waals surface area (Å²) >= 11 is 0. The second-order valence-electron chi connectivity index (χ2n) is 7.10. The summed E-state index contributed by atoms with van der Waals surface area (Å²) in [5, 5.41) is 2.65. The maximum absolute atomic E-state index is 12.6. The van der Waals surface area contributed by atoms with Crippen LogP contribution in [0.15, 0.2) is 88.7 Å². The molecule has 8 nitrogen and oxygen atoms in total. The van der Waals surface area contributed by atoms with Crippen LogP contribution in [-0.2, 0) is 19.9 Å². The van der Waals surface area contributed by atoms with Gasteiger partial charge in [-0.2, -0.15) is 0 Å². The number of hydrogen-bond donors (Lipinski definition) is 2. The van der Waals surface area contributed by atoms with Gasteiger partial charge in [-0.3, -0.25) is 9.52 Å². The number of sulfone groups is 1. The Morgan fingerprint density at radius 2 is 1.45 bits per heavy atom. The average molecular weight is 489 g/mol. The number of hydrogen-bond acceptors (Lipinski definition) is 6. The SMILES string of the molecule is COc1ccc(NS(=O)(=O)c2ccc(C(=O)NCCCS(=O)(=O)c3ccccc3)cc2)cc1. The Labute approximate surface area is 193 Å². The Kier molecular flexibility index (Phi) is 7.72. The first-order valence-electron chi connectivity index (χ1n) is 10.0. The molecule has 0 aliphatic carbocycles. The molecule has 0 fully saturated rings. The molecule has 0 aliphatic heterocycles. The number of anilines is 1. The highest BCUT2D eigenvalue weighted by atomic mass is 32.2. The van der Waals surface area contributed by atoms with Gasteiger partial charge in [0.1, 0.15) is 5.75 Å². The number of rotatable bonds is 10. The molecule has 2 N–H and O–H groups in total. The van der Waals surface area contributed by atoms with E-state index in [0.717, 1.165) is 0 Å². The van der Waals surface area contributed by atoms with Gasteiger partial charge in [-0.15, -0.1) is 0 Å². The molecule has 0 bridgehead atoms. The lowest BCUT2D eigenvalue weighted by molar-refractivity contribution is 0.0953. The van der Waals surface area contributed by atoms with Gasteiger partial charge in [0.15, 0.2) is 9.84 Å². The molecule has 33 heavy (non-hydrogen) atoms. The summed E-state index contributed by atoms with van der Waals surface area (Å²) < 4.78 is 57.1. The highest BCUT2D eigenvalue weighted by molar-refractivity contribution is 7.92. The van der Waals surface area contributed by atoms with Crippen molar-refractivity contribution >= 4 is 31.5 Å². The van der Waals surface area contributed by atoms with Gasteiger partial charge in [-0.05, 0) is 67.1 Å². The van der Waals surface area contributed by atoms with Gasteiger partial charge < -0.3 is 10.1 Å². The van der Waals surface area contributed by atoms with Crippen molar-refractivity contribution in [2.45, 2.75) is 16.2 Å². The van der Waals surface area contributed by atoms with Crippen molar-refractivity contribution in [3.8, 4) is 5.75 Å². The first-order chi connectivity index (χ1) is 15.7. The number of benzene rings is 3. The molecule has 0 saturated heterocycles. The number of sulfonamides is 1. The monoisotopic (exact) mass is 488 g/mol. The largest absolute Gasteiger partial charge is 0.497 e. The van der Waals surface area contributed by atoms with E-state index in [-0.39, 0.29) is 34.1 Å². The standard InChI is InChI=1S/C23H24N2O6S2/c1-31-20-12-10-19(11-13-20)25-33(29,30)22-14-8-18(9-15-22)23(26)24-16-5-17-32(27,28)21-6-3-2-4-7-21/h2-4,6-15,25H,5,16-17H2,1H3,(H,24,26). The molecule has 3 aromatic rings. The van der Waals surface area contributed by atoms with Gasteiger partial charge >= 0.3 is 0 Å². The van der Waals surface area contributed by atoms with E-state index in [2.05, 4.69) is 10.0 Å². The Morgan fingerprint density at radius 3 is 2.06 bits per heavy atom. The zero-order chi connectivity index (χ0) is 23.9. The summed E-state index contributed by atoms with van der Waals surface area (Å²) in [5.74, 6) is 0.0936. The van der Waals surface area contributed by atoms with Crippen molar-refractivity contribution < 1.29 is 26.4 Å². The molecule has 10 heteroatoms. The van der Waals surface area contributed by atoms with Crippen molar-refractivity contribution in [3.63, 3.8) is 0 Å². The number of amides is 1. The van der Waals surface area contributed by atoms with Gasteiger partial charge in [-0.1, -0.05) is 18.2 Å². The van der Waals surface area contributed by atoms with Crippen molar-refractivity contribution in [1.82, 2.24) is 5.32 Å². The number of ether oxygens (including phenoxy) is 1. The van der Waals surface area contributed by atoms with Crippen molar-refractivity contribution in [1.29, 1.82) is 0 Å². The lowest BCUT2D eigenvalue weighted by Gasteiger charge is -2.10. The second-order valence-corrected chi connectivity index (χ2v) is 10.9. The molecule has 0 unspecified atom stereocenters. The predicted molar refractivity (Wildman–Crippen MR) is 126 cm³/mol. The Bertz CT molecular complexity index is 1290. The summed E-state index contributed by atoms with van der Waals surface area (Å²) in [6, 6.07) is 20.0. The highest BCUT2D eigenvalue weighted by Crippen LogP contribution is 2.19. The van der Waals surface area contributed by atoms with E-state index >= 15 is 0 Å². The number of carbonyl (C=O) groups excluding carboxylic acids is 1. The van der Waals surface area contributed by atoms with Crippen LogP contribution in [0.5, 0.6) is 5.75 Å². The van der Waals surface area contributed by atoms with Crippen LogP contribution in [-0.4, -0.2) is 42.2 Å². The maximum atomic E-state index is 12.6. The van der Waals surface area contributed by atoms with E-state index in [1.807, 2.05) is 0 Å². The van der Waals surface area contributed by atoms with E-state index in [1.54, 1.807) is 42.5 Å². The molecule has 3 rings (SSSR count). The van der Waals surface area contributed by atoms with Crippen molar-refractivity contribution in [2.24, 2.45) is 0 Å². The predicted octanol–water partition coefficient (Wildman–Crippen LogP) is 3.09. The summed E-state index contributed by atoms with van der Waals surface area (Å²) in [5.41, 5.74) is 0.646. The van der Waals surface area contributed by atoms with Gasteiger partial charge in [0.2, 0.25) is 0 Å². The molecular weight excluding hydrogens is 464 g/mol. The second kappa shape index (κ2) is 10.5. The fourth-order valence-corrected chi connectivity index (χ4v) is 5.36. The smallest absolute Gasteiger partial charge is 0.261 e. The molecule has 0 radical (unpaired) electrons. The topological polar surface area (TPSA) is 119 Å². The van der Waals surface area contributed by atoms with Crippen molar-refractivity contribution in [2.75, 3.05) is 24.1 Å². The van der Waals surface area contributed by atoms with E-state index in [1.165, 1.54) is 43.5 Å². The maximum Gasteiger partial charge on any atom is 0.261 e. The molecule has 3 aromatic carbocycles. The molecule has 0 aliphatic rings. The first-order valence-corrected chi connectivity index (χ1v) is 13.2. The molecule has 0 spiro atoms. The van der Waals surface area contributed by atoms with E-state index in [4.69, 9.17) is 4.74 Å². The minimum absolute atomic E-state index is 0.00354. The van der Waals surface area contributed by atoms with Crippen LogP contribution in [0.1, 0.15) is 16.8 Å². The fraction of sp³-hybridized carbons (Fsp3) is 0.174. The fourth-order valence-electron chi connectivity index (χ4n) is 2.97. The third kappa shape index (κ3) is 6.56. The number of methoxy groups -OCH3 is 1. The van der Waals surface area contributed by atoms with Crippen LogP contribution < -0.4 is 14.8 Å². The van der Waals surface area contributed by atoms with Crippen LogP contribution >= 0.6 is 0 Å². The Morgan fingerprint density at radius 1 is 0.818 bits per heavy atom. The minimum atomic E-state index is -3.83. The summed E-state index contributed by atoms with van der Waals surface area (Å²) in [4.78, 5) is 12.6. The molecule has 0 atom stereocenters.